The first-order valence-corrected chi connectivity index (χ1v) is 7.07. The van der Waals surface area contributed by atoms with Crippen molar-refractivity contribution in [1.29, 1.82) is 0 Å². The number of ether oxygens (including phenoxy) is 2. The van der Waals surface area contributed by atoms with Crippen LogP contribution >= 0.6 is 0 Å². The molecule has 0 saturated heterocycles. The van der Waals surface area contributed by atoms with E-state index in [0.717, 1.165) is 41.7 Å². The third-order valence-electron chi connectivity index (χ3n) is 3.36. The van der Waals surface area contributed by atoms with Gasteiger partial charge in [-0.2, -0.15) is 0 Å². The lowest BCUT2D eigenvalue weighted by atomic mass is 9.93. The summed E-state index contributed by atoms with van der Waals surface area (Å²) in [5, 5.41) is 0. The highest BCUT2D eigenvalue weighted by molar-refractivity contribution is 5.92. The van der Waals surface area contributed by atoms with Crippen LogP contribution in [0.5, 0.6) is 5.75 Å². The Bertz CT molecular complexity index is 489. The zero-order valence-corrected chi connectivity index (χ0v) is 12.9. The quantitative estimate of drug-likeness (QED) is 0.560. The van der Waals surface area contributed by atoms with E-state index in [1.807, 2.05) is 13.0 Å². The molecule has 0 N–H and O–H groups in total. The summed E-state index contributed by atoms with van der Waals surface area (Å²) in [7, 11) is 1.41. The lowest BCUT2D eigenvalue weighted by Crippen LogP contribution is -2.10. The number of methoxy groups -OCH3 is 1. The highest BCUT2D eigenvalue weighted by Crippen LogP contribution is 2.32. The molecule has 0 aliphatic carbocycles. The Morgan fingerprint density at radius 3 is 2.60 bits per heavy atom. The maximum Gasteiger partial charge on any atom is 0.338 e. The van der Waals surface area contributed by atoms with Crippen LogP contribution in [0, 0.1) is 6.92 Å². The fourth-order valence-electron chi connectivity index (χ4n) is 2.40. The molecule has 1 rings (SSSR count). The van der Waals surface area contributed by atoms with Gasteiger partial charge in [0, 0.05) is 0 Å². The minimum Gasteiger partial charge on any atom is -0.489 e. The molecule has 3 nitrogen and oxygen atoms in total. The molecule has 0 heterocycles. The molecule has 110 valence electrons. The zero-order chi connectivity index (χ0) is 15.1. The second-order valence-electron chi connectivity index (χ2n) is 4.71. The van der Waals surface area contributed by atoms with Gasteiger partial charge in [0.05, 0.1) is 12.7 Å². The maximum atomic E-state index is 11.9. The van der Waals surface area contributed by atoms with Crippen LogP contribution in [0.3, 0.4) is 0 Å². The van der Waals surface area contributed by atoms with E-state index < -0.39 is 0 Å². The van der Waals surface area contributed by atoms with Crippen molar-refractivity contribution in [3.8, 4) is 5.75 Å². The molecule has 0 aromatic heterocycles. The minimum atomic E-state index is -0.287. The summed E-state index contributed by atoms with van der Waals surface area (Å²) in [6, 6.07) is 1.91. The van der Waals surface area contributed by atoms with E-state index in [-0.39, 0.29) is 5.97 Å². The van der Waals surface area contributed by atoms with E-state index in [1.54, 1.807) is 6.08 Å². The Kier molecular flexibility index (Phi) is 6.29. The molecular formula is C17H24O3. The first kappa shape index (κ1) is 16.3. The summed E-state index contributed by atoms with van der Waals surface area (Å²) in [5.41, 5.74) is 3.73. The van der Waals surface area contributed by atoms with Gasteiger partial charge in [-0.25, -0.2) is 4.79 Å². The van der Waals surface area contributed by atoms with Gasteiger partial charge < -0.3 is 9.47 Å². The van der Waals surface area contributed by atoms with Crippen molar-refractivity contribution in [2.45, 2.75) is 40.0 Å². The molecule has 0 radical (unpaired) electrons. The highest BCUT2D eigenvalue weighted by atomic mass is 16.5. The maximum absolute atomic E-state index is 11.9. The van der Waals surface area contributed by atoms with Crippen molar-refractivity contribution in [2.75, 3.05) is 13.7 Å². The van der Waals surface area contributed by atoms with Gasteiger partial charge in [-0.1, -0.05) is 32.9 Å². The number of hydrogen-bond donors (Lipinski definition) is 0. The molecule has 0 saturated carbocycles. The standard InChI is InChI=1S/C17H24O3/c1-6-9-13-11-15(17(18)19-5)12(4)14(8-3)16(13)20-10-7-2/h7,11H,2,6,8-10H2,1,3-5H3. The van der Waals surface area contributed by atoms with Crippen molar-refractivity contribution >= 4 is 5.97 Å². The Morgan fingerprint density at radius 1 is 1.40 bits per heavy atom. The third-order valence-corrected chi connectivity index (χ3v) is 3.36. The molecule has 0 aliphatic rings. The van der Waals surface area contributed by atoms with Gasteiger partial charge in [0.15, 0.2) is 0 Å². The van der Waals surface area contributed by atoms with Gasteiger partial charge in [-0.3, -0.25) is 0 Å². The minimum absolute atomic E-state index is 0.287. The average molecular weight is 276 g/mol. The van der Waals surface area contributed by atoms with Gasteiger partial charge in [-0.15, -0.1) is 0 Å². The molecule has 0 bridgehead atoms. The lowest BCUT2D eigenvalue weighted by molar-refractivity contribution is 0.0599. The summed E-state index contributed by atoms with van der Waals surface area (Å²) in [6.07, 6.45) is 4.43. The molecule has 0 aliphatic heterocycles. The highest BCUT2D eigenvalue weighted by Gasteiger charge is 2.19. The Labute approximate surface area is 121 Å². The van der Waals surface area contributed by atoms with Crippen LogP contribution in [0.1, 0.15) is 47.3 Å². The van der Waals surface area contributed by atoms with Crippen LogP contribution < -0.4 is 4.74 Å². The number of carbonyl (C=O) groups excluding carboxylic acids is 1. The summed E-state index contributed by atoms with van der Waals surface area (Å²) in [4.78, 5) is 11.9. The molecule has 1 aromatic carbocycles. The largest absolute Gasteiger partial charge is 0.489 e. The van der Waals surface area contributed by atoms with Crippen molar-refractivity contribution < 1.29 is 14.3 Å². The monoisotopic (exact) mass is 276 g/mol. The van der Waals surface area contributed by atoms with Gasteiger partial charge >= 0.3 is 5.97 Å². The second-order valence-corrected chi connectivity index (χ2v) is 4.71. The SMILES string of the molecule is C=CCOc1c(CCC)cc(C(=O)OC)c(C)c1CC. The molecule has 0 fully saturated rings. The average Bonchev–Trinajstić information content (AvgIpc) is 2.46. The van der Waals surface area contributed by atoms with Gasteiger partial charge in [-0.05, 0) is 42.5 Å². The molecule has 0 amide bonds. The number of hydrogen-bond acceptors (Lipinski definition) is 3. The number of rotatable bonds is 7. The zero-order valence-electron chi connectivity index (χ0n) is 12.9. The summed E-state index contributed by atoms with van der Waals surface area (Å²) in [5.74, 6) is 0.615. The van der Waals surface area contributed by atoms with Crippen molar-refractivity contribution in [3.63, 3.8) is 0 Å². The normalized spacial score (nSPS) is 10.2. The van der Waals surface area contributed by atoms with E-state index in [9.17, 15) is 4.79 Å². The molecule has 0 spiro atoms. The molecule has 3 heteroatoms. The first-order valence-electron chi connectivity index (χ1n) is 7.07. The van der Waals surface area contributed by atoms with E-state index in [2.05, 4.69) is 20.4 Å². The Morgan fingerprint density at radius 2 is 2.10 bits per heavy atom. The van der Waals surface area contributed by atoms with Crippen molar-refractivity contribution in [1.82, 2.24) is 0 Å². The fraction of sp³-hybridized carbons (Fsp3) is 0.471. The van der Waals surface area contributed by atoms with E-state index in [0.29, 0.717) is 12.2 Å². The predicted octanol–water partition coefficient (Wildman–Crippen LogP) is 3.86. The van der Waals surface area contributed by atoms with Crippen LogP contribution in [0.4, 0.5) is 0 Å². The molecule has 0 unspecified atom stereocenters. The summed E-state index contributed by atoms with van der Waals surface area (Å²) >= 11 is 0. The third kappa shape index (κ3) is 3.41. The van der Waals surface area contributed by atoms with E-state index in [4.69, 9.17) is 9.47 Å². The Balaban J connectivity index is 3.43. The number of aryl methyl sites for hydroxylation is 1. The number of benzene rings is 1. The van der Waals surface area contributed by atoms with Gasteiger partial charge in [0.1, 0.15) is 12.4 Å². The molecule has 0 atom stereocenters. The predicted molar refractivity (Wildman–Crippen MR) is 81.6 cm³/mol. The lowest BCUT2D eigenvalue weighted by Gasteiger charge is -2.19. The molecule has 20 heavy (non-hydrogen) atoms. The van der Waals surface area contributed by atoms with E-state index >= 15 is 0 Å². The van der Waals surface area contributed by atoms with Gasteiger partial charge in [0.25, 0.3) is 0 Å². The van der Waals surface area contributed by atoms with Crippen LogP contribution in [-0.4, -0.2) is 19.7 Å². The van der Waals surface area contributed by atoms with Gasteiger partial charge in [0.2, 0.25) is 0 Å². The fourth-order valence-corrected chi connectivity index (χ4v) is 2.40. The van der Waals surface area contributed by atoms with Crippen LogP contribution in [-0.2, 0) is 17.6 Å². The summed E-state index contributed by atoms with van der Waals surface area (Å²) in [6.45, 7) is 10.3. The Hall–Kier alpha value is -1.77. The van der Waals surface area contributed by atoms with Crippen LogP contribution in [0.15, 0.2) is 18.7 Å². The first-order chi connectivity index (χ1) is 9.60. The van der Waals surface area contributed by atoms with Crippen LogP contribution in [0.2, 0.25) is 0 Å². The molecule has 1 aromatic rings. The topological polar surface area (TPSA) is 35.5 Å². The van der Waals surface area contributed by atoms with Crippen molar-refractivity contribution in [2.24, 2.45) is 0 Å². The second kappa shape index (κ2) is 7.73. The number of esters is 1. The van der Waals surface area contributed by atoms with Crippen molar-refractivity contribution in [3.05, 3.63) is 41.0 Å². The smallest absolute Gasteiger partial charge is 0.338 e. The van der Waals surface area contributed by atoms with Crippen LogP contribution in [0.25, 0.3) is 0 Å². The number of carbonyl (C=O) groups is 1. The summed E-state index contributed by atoms with van der Waals surface area (Å²) < 4.78 is 10.7. The molecular weight excluding hydrogens is 252 g/mol. The van der Waals surface area contributed by atoms with E-state index in [1.165, 1.54) is 7.11 Å².